The molecule has 2 atom stereocenters. The van der Waals surface area contributed by atoms with Gasteiger partial charge in [0, 0.05) is 13.5 Å². The van der Waals surface area contributed by atoms with Gasteiger partial charge in [-0.15, -0.1) is 0 Å². The highest BCUT2D eigenvalue weighted by Crippen LogP contribution is 2.24. The molecular formula is C17H27N3O3. The zero-order chi connectivity index (χ0) is 16.8. The molecule has 2 rings (SSSR count). The summed E-state index contributed by atoms with van der Waals surface area (Å²) in [6.45, 7) is 7.78. The molecule has 1 aromatic heterocycles. The Hall–Kier alpha value is -1.82. The molecule has 6 heteroatoms. The monoisotopic (exact) mass is 321 g/mol. The van der Waals surface area contributed by atoms with Gasteiger partial charge in [0.05, 0.1) is 12.3 Å². The van der Waals surface area contributed by atoms with Gasteiger partial charge in [0.25, 0.3) is 0 Å². The Morgan fingerprint density at radius 3 is 2.52 bits per heavy atom. The zero-order valence-electron chi connectivity index (χ0n) is 14.2. The molecule has 0 aromatic carbocycles. The molecule has 0 aliphatic carbocycles. The average molecular weight is 321 g/mol. The van der Waals surface area contributed by atoms with Crippen LogP contribution in [-0.4, -0.2) is 42.4 Å². The van der Waals surface area contributed by atoms with Crippen LogP contribution in [-0.2, 0) is 9.59 Å². The van der Waals surface area contributed by atoms with Gasteiger partial charge >= 0.3 is 0 Å². The summed E-state index contributed by atoms with van der Waals surface area (Å²) in [5.41, 5.74) is 0. The molecule has 1 aromatic rings. The molecule has 1 aliphatic rings. The SMILES string of the molecule is CC(=O)NC(C(=O)NCC(c1ccco1)N1CCCC1)C(C)C. The highest BCUT2D eigenvalue weighted by molar-refractivity contribution is 5.87. The van der Waals surface area contributed by atoms with E-state index < -0.39 is 6.04 Å². The number of carbonyl (C=O) groups excluding carboxylic acids is 2. The predicted molar refractivity (Wildman–Crippen MR) is 87.7 cm³/mol. The van der Waals surface area contributed by atoms with Crippen LogP contribution in [0.2, 0.25) is 0 Å². The number of nitrogens with one attached hydrogen (secondary N) is 2. The molecule has 0 saturated carbocycles. The van der Waals surface area contributed by atoms with Crippen molar-refractivity contribution >= 4 is 11.8 Å². The lowest BCUT2D eigenvalue weighted by molar-refractivity contribution is -0.129. The first-order valence-corrected chi connectivity index (χ1v) is 8.31. The minimum atomic E-state index is -0.511. The molecule has 6 nitrogen and oxygen atoms in total. The van der Waals surface area contributed by atoms with Crippen LogP contribution in [0.5, 0.6) is 0 Å². The third kappa shape index (κ3) is 4.82. The van der Waals surface area contributed by atoms with Crippen LogP contribution < -0.4 is 10.6 Å². The molecule has 0 spiro atoms. The van der Waals surface area contributed by atoms with Crippen molar-refractivity contribution in [3.8, 4) is 0 Å². The van der Waals surface area contributed by atoms with E-state index in [1.165, 1.54) is 19.8 Å². The molecule has 23 heavy (non-hydrogen) atoms. The standard InChI is InChI=1S/C17H27N3O3/c1-12(2)16(19-13(3)21)17(22)18-11-14(15-7-6-10-23-15)20-8-4-5-9-20/h6-7,10,12,14,16H,4-5,8-9,11H2,1-3H3,(H,18,22)(H,19,21). The van der Waals surface area contributed by atoms with E-state index in [0.29, 0.717) is 6.54 Å². The molecule has 0 radical (unpaired) electrons. The van der Waals surface area contributed by atoms with E-state index >= 15 is 0 Å². The summed E-state index contributed by atoms with van der Waals surface area (Å²) in [6, 6.07) is 3.35. The van der Waals surface area contributed by atoms with Crippen molar-refractivity contribution in [2.24, 2.45) is 5.92 Å². The topological polar surface area (TPSA) is 74.6 Å². The summed E-state index contributed by atoms with van der Waals surface area (Å²) in [7, 11) is 0. The van der Waals surface area contributed by atoms with Crippen LogP contribution in [0.4, 0.5) is 0 Å². The molecule has 1 saturated heterocycles. The Balaban J connectivity index is 1.99. The van der Waals surface area contributed by atoms with E-state index in [-0.39, 0.29) is 23.8 Å². The van der Waals surface area contributed by atoms with Gasteiger partial charge in [-0.3, -0.25) is 14.5 Å². The summed E-state index contributed by atoms with van der Waals surface area (Å²) in [5.74, 6) is 0.563. The molecule has 1 aliphatic heterocycles. The van der Waals surface area contributed by atoms with Gasteiger partial charge < -0.3 is 15.1 Å². The fourth-order valence-corrected chi connectivity index (χ4v) is 3.00. The minimum Gasteiger partial charge on any atom is -0.468 e. The van der Waals surface area contributed by atoms with Crippen LogP contribution in [0.1, 0.15) is 45.4 Å². The Morgan fingerprint density at radius 1 is 1.30 bits per heavy atom. The first-order valence-electron chi connectivity index (χ1n) is 8.31. The number of furan rings is 1. The van der Waals surface area contributed by atoms with Crippen LogP contribution in [0.15, 0.2) is 22.8 Å². The Labute approximate surface area is 137 Å². The second kappa shape index (κ2) is 8.15. The van der Waals surface area contributed by atoms with Crippen molar-refractivity contribution in [2.75, 3.05) is 19.6 Å². The minimum absolute atomic E-state index is 0.0350. The summed E-state index contributed by atoms with van der Waals surface area (Å²) < 4.78 is 5.55. The fourth-order valence-electron chi connectivity index (χ4n) is 3.00. The molecule has 2 unspecified atom stereocenters. The van der Waals surface area contributed by atoms with Crippen LogP contribution in [0.25, 0.3) is 0 Å². The van der Waals surface area contributed by atoms with E-state index in [2.05, 4.69) is 15.5 Å². The summed E-state index contributed by atoms with van der Waals surface area (Å²) in [4.78, 5) is 26.1. The van der Waals surface area contributed by atoms with E-state index in [0.717, 1.165) is 18.8 Å². The molecule has 2 N–H and O–H groups in total. The molecule has 2 heterocycles. The van der Waals surface area contributed by atoms with Gasteiger partial charge in [0.1, 0.15) is 11.8 Å². The lowest BCUT2D eigenvalue weighted by atomic mass is 10.0. The van der Waals surface area contributed by atoms with Gasteiger partial charge in [-0.05, 0) is 44.0 Å². The van der Waals surface area contributed by atoms with E-state index in [9.17, 15) is 9.59 Å². The van der Waals surface area contributed by atoms with Crippen LogP contribution >= 0.6 is 0 Å². The largest absolute Gasteiger partial charge is 0.468 e. The molecule has 0 bridgehead atoms. The highest BCUT2D eigenvalue weighted by Gasteiger charge is 2.28. The molecule has 1 fully saturated rings. The number of hydrogen-bond acceptors (Lipinski definition) is 4. The maximum Gasteiger partial charge on any atom is 0.242 e. The molecule has 128 valence electrons. The van der Waals surface area contributed by atoms with Crippen LogP contribution in [0, 0.1) is 5.92 Å². The van der Waals surface area contributed by atoms with Gasteiger partial charge in [-0.25, -0.2) is 0 Å². The number of rotatable bonds is 7. The van der Waals surface area contributed by atoms with Crippen molar-refractivity contribution in [1.29, 1.82) is 0 Å². The van der Waals surface area contributed by atoms with E-state index in [1.54, 1.807) is 6.26 Å². The maximum absolute atomic E-state index is 12.4. The van der Waals surface area contributed by atoms with Gasteiger partial charge in [-0.2, -0.15) is 0 Å². The number of likely N-dealkylation sites (tertiary alicyclic amines) is 1. The quantitative estimate of drug-likeness (QED) is 0.801. The Kier molecular flexibility index (Phi) is 6.21. The summed E-state index contributed by atoms with van der Waals surface area (Å²) >= 11 is 0. The lowest BCUT2D eigenvalue weighted by Gasteiger charge is -2.27. The van der Waals surface area contributed by atoms with Crippen molar-refractivity contribution in [3.05, 3.63) is 24.2 Å². The number of carbonyl (C=O) groups is 2. The highest BCUT2D eigenvalue weighted by atomic mass is 16.3. The van der Waals surface area contributed by atoms with Gasteiger partial charge in [0.15, 0.2) is 0 Å². The number of nitrogens with zero attached hydrogens (tertiary/aromatic N) is 1. The smallest absolute Gasteiger partial charge is 0.242 e. The third-order valence-electron chi connectivity index (χ3n) is 4.23. The first kappa shape index (κ1) is 17.5. The van der Waals surface area contributed by atoms with Crippen molar-refractivity contribution in [1.82, 2.24) is 15.5 Å². The Morgan fingerprint density at radius 2 is 2.00 bits per heavy atom. The molecule has 2 amide bonds. The van der Waals surface area contributed by atoms with Gasteiger partial charge in [0.2, 0.25) is 11.8 Å². The van der Waals surface area contributed by atoms with Gasteiger partial charge in [-0.1, -0.05) is 13.8 Å². The van der Waals surface area contributed by atoms with E-state index in [4.69, 9.17) is 4.42 Å². The predicted octanol–water partition coefficient (Wildman–Crippen LogP) is 1.69. The number of hydrogen-bond donors (Lipinski definition) is 2. The van der Waals surface area contributed by atoms with Crippen LogP contribution in [0.3, 0.4) is 0 Å². The second-order valence-corrected chi connectivity index (χ2v) is 6.44. The second-order valence-electron chi connectivity index (χ2n) is 6.44. The van der Waals surface area contributed by atoms with E-state index in [1.807, 2.05) is 26.0 Å². The average Bonchev–Trinajstić information content (AvgIpc) is 3.17. The summed E-state index contributed by atoms with van der Waals surface area (Å²) in [5, 5.41) is 5.70. The zero-order valence-corrected chi connectivity index (χ0v) is 14.2. The third-order valence-corrected chi connectivity index (χ3v) is 4.23. The van der Waals surface area contributed by atoms with Crippen molar-refractivity contribution in [3.63, 3.8) is 0 Å². The van der Waals surface area contributed by atoms with Crippen molar-refractivity contribution < 1.29 is 14.0 Å². The lowest BCUT2D eigenvalue weighted by Crippen LogP contribution is -2.50. The maximum atomic E-state index is 12.4. The first-order chi connectivity index (χ1) is 11.0. The van der Waals surface area contributed by atoms with Crippen molar-refractivity contribution in [2.45, 2.75) is 45.7 Å². The normalized spacial score (nSPS) is 17.9. The fraction of sp³-hybridized carbons (Fsp3) is 0.647. The number of amides is 2. The Bertz CT molecular complexity index is 507. The molecular weight excluding hydrogens is 294 g/mol. The summed E-state index contributed by atoms with van der Waals surface area (Å²) in [6.07, 6.45) is 4.01.